The van der Waals surface area contributed by atoms with E-state index in [0.29, 0.717) is 0 Å². The van der Waals surface area contributed by atoms with E-state index < -0.39 is 0 Å². The van der Waals surface area contributed by atoms with Crippen LogP contribution in [0.2, 0.25) is 0 Å². The second-order valence-electron chi connectivity index (χ2n) is 4.60. The Hall–Kier alpha value is -0.450. The van der Waals surface area contributed by atoms with Crippen LogP contribution in [0, 0.1) is 5.92 Å². The van der Waals surface area contributed by atoms with Crippen molar-refractivity contribution in [2.24, 2.45) is 5.92 Å². The lowest BCUT2D eigenvalue weighted by atomic mass is 9.89. The summed E-state index contributed by atoms with van der Waals surface area (Å²) in [6.07, 6.45) is 6.03. The Bertz CT molecular complexity index is 312. The molecule has 2 aliphatic rings. The molecule has 0 aliphatic carbocycles. The molecule has 82 valence electrons. The molecule has 0 aromatic carbocycles. The zero-order valence-electron chi connectivity index (χ0n) is 8.78. The highest BCUT2D eigenvalue weighted by atomic mass is 32.1. The summed E-state index contributed by atoms with van der Waals surface area (Å²) < 4.78 is 0. The van der Waals surface area contributed by atoms with Crippen LogP contribution < -0.4 is 10.6 Å². The summed E-state index contributed by atoms with van der Waals surface area (Å²) in [5.41, 5.74) is 0. The fourth-order valence-electron chi connectivity index (χ4n) is 2.87. The van der Waals surface area contributed by atoms with Gasteiger partial charge in [0.15, 0.2) is 0 Å². The number of rotatable bonds is 4. The van der Waals surface area contributed by atoms with Crippen molar-refractivity contribution in [1.29, 1.82) is 0 Å². The molecule has 0 amide bonds. The van der Waals surface area contributed by atoms with Crippen LogP contribution in [0.3, 0.4) is 0 Å². The Labute approximate surface area is 94.3 Å². The monoisotopic (exact) mass is 223 g/mol. The lowest BCUT2D eigenvalue weighted by molar-refractivity contribution is 0.383. The summed E-state index contributed by atoms with van der Waals surface area (Å²) in [4.78, 5) is 4.27. The number of thiazole rings is 1. The smallest absolute Gasteiger partial charge is 0.106 e. The maximum atomic E-state index is 4.27. The fourth-order valence-corrected chi connectivity index (χ4v) is 3.45. The predicted molar refractivity (Wildman–Crippen MR) is 61.9 cm³/mol. The van der Waals surface area contributed by atoms with Gasteiger partial charge in [-0.2, -0.15) is 0 Å². The van der Waals surface area contributed by atoms with Gasteiger partial charge in [0.05, 0.1) is 0 Å². The van der Waals surface area contributed by atoms with Gasteiger partial charge in [-0.15, -0.1) is 11.3 Å². The second-order valence-corrected chi connectivity index (χ2v) is 5.58. The third kappa shape index (κ3) is 2.07. The predicted octanol–water partition coefficient (Wildman–Crippen LogP) is 1.37. The third-order valence-corrected chi connectivity index (χ3v) is 4.38. The Morgan fingerprint density at radius 3 is 3.20 bits per heavy atom. The molecule has 0 radical (unpaired) electrons. The molecular formula is C11H17N3S. The van der Waals surface area contributed by atoms with Crippen LogP contribution in [-0.4, -0.2) is 23.6 Å². The second kappa shape index (κ2) is 4.20. The van der Waals surface area contributed by atoms with Gasteiger partial charge in [-0.25, -0.2) is 4.98 Å². The number of fused-ring (bicyclic) bond motifs is 2. The van der Waals surface area contributed by atoms with Gasteiger partial charge in [-0.05, 0) is 31.7 Å². The fraction of sp³-hybridized carbons (Fsp3) is 0.727. The molecule has 2 saturated heterocycles. The Kier molecular flexibility index (Phi) is 2.73. The van der Waals surface area contributed by atoms with E-state index >= 15 is 0 Å². The highest BCUT2D eigenvalue weighted by Gasteiger charge is 2.38. The van der Waals surface area contributed by atoms with Crippen LogP contribution >= 0.6 is 11.3 Å². The molecule has 3 rings (SSSR count). The number of aromatic nitrogens is 1. The normalized spacial score (nSPS) is 33.7. The highest BCUT2D eigenvalue weighted by Crippen LogP contribution is 2.32. The van der Waals surface area contributed by atoms with E-state index in [-0.39, 0.29) is 0 Å². The van der Waals surface area contributed by atoms with E-state index in [4.69, 9.17) is 0 Å². The van der Waals surface area contributed by atoms with Crippen LogP contribution in [0.5, 0.6) is 0 Å². The lowest BCUT2D eigenvalue weighted by Gasteiger charge is -2.20. The van der Waals surface area contributed by atoms with E-state index in [1.165, 1.54) is 24.3 Å². The average Bonchev–Trinajstić information content (AvgIpc) is 2.93. The van der Waals surface area contributed by atoms with Gasteiger partial charge in [0.25, 0.3) is 0 Å². The van der Waals surface area contributed by atoms with Crippen LogP contribution in [0.1, 0.15) is 24.3 Å². The van der Waals surface area contributed by atoms with E-state index in [2.05, 4.69) is 15.6 Å². The number of hydrogen-bond acceptors (Lipinski definition) is 4. The molecule has 0 saturated carbocycles. The van der Waals surface area contributed by atoms with Crippen molar-refractivity contribution in [3.63, 3.8) is 0 Å². The molecule has 3 unspecified atom stereocenters. The minimum Gasteiger partial charge on any atom is -0.311 e. The van der Waals surface area contributed by atoms with Gasteiger partial charge in [0.1, 0.15) is 5.01 Å². The zero-order valence-corrected chi connectivity index (χ0v) is 9.59. The molecule has 3 atom stereocenters. The maximum absolute atomic E-state index is 4.27. The Balaban J connectivity index is 1.43. The quantitative estimate of drug-likeness (QED) is 0.809. The van der Waals surface area contributed by atoms with Gasteiger partial charge in [-0.3, -0.25) is 0 Å². The number of nitrogens with one attached hydrogen (secondary N) is 2. The zero-order chi connectivity index (χ0) is 10.1. The first kappa shape index (κ1) is 9.75. The summed E-state index contributed by atoms with van der Waals surface area (Å²) in [5.74, 6) is 0.851. The summed E-state index contributed by atoms with van der Waals surface area (Å²) in [5, 5.41) is 10.4. The number of hydrogen-bond donors (Lipinski definition) is 2. The molecule has 4 heteroatoms. The first-order chi connectivity index (χ1) is 7.42. The van der Waals surface area contributed by atoms with Gasteiger partial charge in [0, 0.05) is 30.2 Å². The van der Waals surface area contributed by atoms with E-state index in [9.17, 15) is 0 Å². The summed E-state index contributed by atoms with van der Waals surface area (Å²) in [7, 11) is 0. The van der Waals surface area contributed by atoms with Crippen molar-refractivity contribution < 1.29 is 0 Å². The maximum Gasteiger partial charge on any atom is 0.106 e. The largest absolute Gasteiger partial charge is 0.311 e. The molecule has 2 N–H and O–H groups in total. The van der Waals surface area contributed by atoms with Gasteiger partial charge < -0.3 is 10.6 Å². The molecule has 0 spiro atoms. The van der Waals surface area contributed by atoms with Gasteiger partial charge in [0.2, 0.25) is 0 Å². The molecular weight excluding hydrogens is 206 g/mol. The number of nitrogens with zero attached hydrogens (tertiary/aromatic N) is 1. The molecule has 1 aromatic rings. The SMILES string of the molecule is c1csc(CNCC2CC3CCC2N3)n1. The topological polar surface area (TPSA) is 37.0 Å². The van der Waals surface area contributed by atoms with Crippen molar-refractivity contribution >= 4 is 11.3 Å². The Morgan fingerprint density at radius 1 is 1.53 bits per heavy atom. The van der Waals surface area contributed by atoms with Crippen LogP contribution in [-0.2, 0) is 6.54 Å². The average molecular weight is 223 g/mol. The third-order valence-electron chi connectivity index (χ3n) is 3.60. The summed E-state index contributed by atoms with van der Waals surface area (Å²) in [6.45, 7) is 2.08. The van der Waals surface area contributed by atoms with Crippen LogP contribution in [0.15, 0.2) is 11.6 Å². The van der Waals surface area contributed by atoms with E-state index in [1.807, 2.05) is 11.6 Å². The molecule has 3 heterocycles. The van der Waals surface area contributed by atoms with Gasteiger partial charge >= 0.3 is 0 Å². The van der Waals surface area contributed by atoms with Crippen molar-refractivity contribution in [3.05, 3.63) is 16.6 Å². The molecule has 3 nitrogen and oxygen atoms in total. The highest BCUT2D eigenvalue weighted by molar-refractivity contribution is 7.09. The molecule has 2 fully saturated rings. The summed E-state index contributed by atoms with van der Waals surface area (Å²) >= 11 is 1.73. The molecule has 2 aliphatic heterocycles. The molecule has 15 heavy (non-hydrogen) atoms. The van der Waals surface area contributed by atoms with Crippen molar-refractivity contribution in [2.75, 3.05) is 6.54 Å². The molecule has 2 bridgehead atoms. The van der Waals surface area contributed by atoms with Crippen molar-refractivity contribution in [3.8, 4) is 0 Å². The minimum absolute atomic E-state index is 0.791. The molecule has 1 aromatic heterocycles. The lowest BCUT2D eigenvalue weighted by Crippen LogP contribution is -2.31. The van der Waals surface area contributed by atoms with Crippen molar-refractivity contribution in [2.45, 2.75) is 37.9 Å². The van der Waals surface area contributed by atoms with Crippen LogP contribution in [0.25, 0.3) is 0 Å². The minimum atomic E-state index is 0.791. The van der Waals surface area contributed by atoms with E-state index in [1.54, 1.807) is 11.3 Å². The Morgan fingerprint density at radius 2 is 2.53 bits per heavy atom. The van der Waals surface area contributed by atoms with Crippen LogP contribution in [0.4, 0.5) is 0 Å². The van der Waals surface area contributed by atoms with Crippen molar-refractivity contribution in [1.82, 2.24) is 15.6 Å². The van der Waals surface area contributed by atoms with E-state index in [0.717, 1.165) is 31.1 Å². The first-order valence-corrected chi connectivity index (χ1v) is 6.65. The standard InChI is InChI=1S/C11H17N3S/c1-2-10-8(5-9(1)14-10)6-12-7-11-13-3-4-15-11/h3-4,8-10,12,14H,1-2,5-7H2. The van der Waals surface area contributed by atoms with Gasteiger partial charge in [-0.1, -0.05) is 0 Å². The summed E-state index contributed by atoms with van der Waals surface area (Å²) in [6, 6.07) is 1.61. The first-order valence-electron chi connectivity index (χ1n) is 5.77.